The first-order valence-corrected chi connectivity index (χ1v) is 7.20. The lowest BCUT2D eigenvalue weighted by atomic mass is 10.1. The molecule has 7 heteroatoms. The van der Waals surface area contributed by atoms with Crippen LogP contribution in [0.25, 0.3) is 0 Å². The van der Waals surface area contributed by atoms with Crippen LogP contribution in [-0.2, 0) is 16.1 Å². The minimum absolute atomic E-state index is 0.244. The number of hydrogen-bond donors (Lipinski definition) is 4. The molecule has 1 aromatic rings. The molecule has 2 rings (SSSR count). The number of aliphatic carboxylic acids is 2. The summed E-state index contributed by atoms with van der Waals surface area (Å²) in [5.74, 6) is -2.27. The van der Waals surface area contributed by atoms with Crippen molar-refractivity contribution in [3.8, 4) is 0 Å². The average molecular weight is 322 g/mol. The van der Waals surface area contributed by atoms with Gasteiger partial charge in [0.1, 0.15) is 0 Å². The smallest absolute Gasteiger partial charge is 0.328 e. The molecule has 0 unspecified atom stereocenters. The van der Waals surface area contributed by atoms with Crippen LogP contribution in [0.1, 0.15) is 5.56 Å². The molecule has 7 nitrogen and oxygen atoms in total. The van der Waals surface area contributed by atoms with Crippen molar-refractivity contribution in [2.45, 2.75) is 12.6 Å². The van der Waals surface area contributed by atoms with Gasteiger partial charge in [-0.3, -0.25) is 4.90 Å². The molecule has 1 heterocycles. The molecule has 5 N–H and O–H groups in total. The van der Waals surface area contributed by atoms with Crippen molar-refractivity contribution in [1.29, 1.82) is 0 Å². The summed E-state index contributed by atoms with van der Waals surface area (Å²) in [6.07, 6.45) is 0.865. The number of carbonyl (C=O) groups is 2. The minimum Gasteiger partial charge on any atom is -0.478 e. The lowest BCUT2D eigenvalue weighted by Crippen LogP contribution is -2.25. The molecule has 0 amide bonds. The maximum atomic E-state index is 9.72. The van der Waals surface area contributed by atoms with Crippen LogP contribution >= 0.6 is 0 Å². The number of nitrogens with two attached hydrogens (primary N) is 1. The Bertz CT molecular complexity index is 517. The Labute approximate surface area is 134 Å². The molecule has 0 aliphatic carbocycles. The molecule has 126 valence electrons. The Morgan fingerprint density at radius 2 is 1.70 bits per heavy atom. The van der Waals surface area contributed by atoms with Gasteiger partial charge in [0, 0.05) is 37.7 Å². The third-order valence-electron chi connectivity index (χ3n) is 3.40. The number of hydrogen-bond acceptors (Lipinski definition) is 5. The van der Waals surface area contributed by atoms with Gasteiger partial charge in [-0.1, -0.05) is 30.3 Å². The third-order valence-corrected chi connectivity index (χ3v) is 3.40. The van der Waals surface area contributed by atoms with Crippen LogP contribution in [0.3, 0.4) is 0 Å². The van der Waals surface area contributed by atoms with E-state index < -0.39 is 11.9 Å². The molecular weight excluding hydrogens is 300 g/mol. The lowest BCUT2D eigenvalue weighted by Gasteiger charge is -2.14. The summed E-state index contributed by atoms with van der Waals surface area (Å²) in [6, 6.07) is 10.3. The first-order valence-electron chi connectivity index (χ1n) is 7.20. The van der Waals surface area contributed by atoms with Crippen molar-refractivity contribution in [3.05, 3.63) is 48.0 Å². The monoisotopic (exact) mass is 322 g/mol. The van der Waals surface area contributed by atoms with E-state index in [0.717, 1.165) is 19.6 Å². The molecule has 1 saturated heterocycles. The maximum absolute atomic E-state index is 9.72. The lowest BCUT2D eigenvalue weighted by molar-refractivity contribution is -0.134. The predicted octanol–water partition coefficient (Wildman–Crippen LogP) is 0.150. The highest BCUT2D eigenvalue weighted by molar-refractivity contribution is 5.89. The van der Waals surface area contributed by atoms with E-state index in [4.69, 9.17) is 15.9 Å². The van der Waals surface area contributed by atoms with Gasteiger partial charge in [0.25, 0.3) is 0 Å². The number of nitrogens with zero attached hydrogens (tertiary/aromatic N) is 1. The molecule has 0 saturated carbocycles. The number of carboxylic acid groups (broad SMARTS) is 2. The van der Waals surface area contributed by atoms with Crippen LogP contribution < -0.4 is 5.73 Å². The van der Waals surface area contributed by atoms with Gasteiger partial charge in [-0.15, -0.1) is 0 Å². The number of aliphatic hydroxyl groups excluding tert-OH is 1. The minimum atomic E-state index is -1.26. The van der Waals surface area contributed by atoms with E-state index >= 15 is 0 Å². The van der Waals surface area contributed by atoms with Crippen molar-refractivity contribution in [2.24, 2.45) is 11.7 Å². The van der Waals surface area contributed by atoms with Gasteiger partial charge in [0.2, 0.25) is 0 Å². The highest BCUT2D eigenvalue weighted by Gasteiger charge is 2.29. The summed E-state index contributed by atoms with van der Waals surface area (Å²) >= 11 is 0. The zero-order valence-corrected chi connectivity index (χ0v) is 12.7. The summed E-state index contributed by atoms with van der Waals surface area (Å²) in [4.78, 5) is 21.4. The Balaban J connectivity index is 0.000000284. The van der Waals surface area contributed by atoms with Crippen LogP contribution in [0.5, 0.6) is 0 Å². The fraction of sp³-hybridized carbons (Fsp3) is 0.375. The molecule has 1 aliphatic heterocycles. The van der Waals surface area contributed by atoms with E-state index in [1.54, 1.807) is 0 Å². The zero-order valence-electron chi connectivity index (χ0n) is 12.7. The van der Waals surface area contributed by atoms with E-state index in [0.29, 0.717) is 18.7 Å². The molecule has 23 heavy (non-hydrogen) atoms. The van der Waals surface area contributed by atoms with Crippen molar-refractivity contribution < 1.29 is 24.9 Å². The summed E-state index contributed by atoms with van der Waals surface area (Å²) in [5, 5.41) is 25.3. The highest BCUT2D eigenvalue weighted by Crippen LogP contribution is 2.18. The standard InChI is InChI=1S/C12H18N2O.C4H4O4/c13-6-11-8-14(9-12(11)15)7-10-4-2-1-3-5-10;5-3(6)1-2-4(7)8/h1-5,11-12,15H,6-9,13H2;1-2H,(H,5,6)(H,7,8)/t11-,12-;/m1./s1. The second kappa shape index (κ2) is 9.73. The second-order valence-electron chi connectivity index (χ2n) is 5.25. The van der Waals surface area contributed by atoms with Crippen molar-refractivity contribution in [2.75, 3.05) is 19.6 Å². The Hall–Kier alpha value is -2.22. The molecular formula is C16H22N2O5. The molecule has 0 bridgehead atoms. The van der Waals surface area contributed by atoms with Crippen molar-refractivity contribution in [3.63, 3.8) is 0 Å². The molecule has 1 fully saturated rings. The largest absolute Gasteiger partial charge is 0.478 e. The van der Waals surface area contributed by atoms with E-state index in [-0.39, 0.29) is 12.0 Å². The number of aliphatic hydroxyl groups is 1. The van der Waals surface area contributed by atoms with E-state index in [2.05, 4.69) is 17.0 Å². The molecule has 1 aliphatic rings. The molecule has 1 aromatic carbocycles. The fourth-order valence-corrected chi connectivity index (χ4v) is 2.29. The number of β-amino-alcohol motifs (C(OH)–C–C–N with tert-alkyl or cyclic N) is 1. The third kappa shape index (κ3) is 7.55. The van der Waals surface area contributed by atoms with E-state index in [1.165, 1.54) is 5.56 Å². The number of likely N-dealkylation sites (tertiary alicyclic amines) is 1. The van der Waals surface area contributed by atoms with Crippen LogP contribution in [0.2, 0.25) is 0 Å². The van der Waals surface area contributed by atoms with Crippen LogP contribution in [0.15, 0.2) is 42.5 Å². The SMILES string of the molecule is NC[C@@H]1CN(Cc2ccccc2)C[C@H]1O.O=C(O)C=CC(=O)O. The average Bonchev–Trinajstić information content (AvgIpc) is 2.86. The van der Waals surface area contributed by atoms with Crippen LogP contribution in [0, 0.1) is 5.92 Å². The summed E-state index contributed by atoms with van der Waals surface area (Å²) in [7, 11) is 0. The Kier molecular flexibility index (Phi) is 7.96. The molecule has 0 aromatic heterocycles. The van der Waals surface area contributed by atoms with Gasteiger partial charge in [-0.25, -0.2) is 9.59 Å². The van der Waals surface area contributed by atoms with Crippen molar-refractivity contribution >= 4 is 11.9 Å². The number of benzene rings is 1. The topological polar surface area (TPSA) is 124 Å². The van der Waals surface area contributed by atoms with Crippen LogP contribution in [0.4, 0.5) is 0 Å². The first kappa shape index (κ1) is 18.8. The van der Waals surface area contributed by atoms with E-state index in [9.17, 15) is 14.7 Å². The predicted molar refractivity (Wildman–Crippen MR) is 84.7 cm³/mol. The van der Waals surface area contributed by atoms with Gasteiger partial charge in [-0.05, 0) is 12.1 Å². The quantitative estimate of drug-likeness (QED) is 0.569. The molecule has 0 spiro atoms. The molecule has 2 atom stereocenters. The maximum Gasteiger partial charge on any atom is 0.328 e. The van der Waals surface area contributed by atoms with E-state index in [1.807, 2.05) is 18.2 Å². The summed E-state index contributed by atoms with van der Waals surface area (Å²) in [6.45, 7) is 3.14. The normalized spacial score (nSPS) is 21.0. The van der Waals surface area contributed by atoms with Gasteiger partial charge < -0.3 is 21.1 Å². The molecule has 0 radical (unpaired) electrons. The zero-order chi connectivity index (χ0) is 17.2. The van der Waals surface area contributed by atoms with Crippen molar-refractivity contribution in [1.82, 2.24) is 4.90 Å². The Morgan fingerprint density at radius 3 is 2.13 bits per heavy atom. The number of carboxylic acids is 2. The second-order valence-corrected chi connectivity index (χ2v) is 5.25. The Morgan fingerprint density at radius 1 is 1.13 bits per heavy atom. The first-order chi connectivity index (χ1) is 10.9. The van der Waals surface area contributed by atoms with Gasteiger partial charge >= 0.3 is 11.9 Å². The fourth-order valence-electron chi connectivity index (χ4n) is 2.29. The van der Waals surface area contributed by atoms with Gasteiger partial charge in [0.15, 0.2) is 0 Å². The van der Waals surface area contributed by atoms with Gasteiger partial charge in [0.05, 0.1) is 6.10 Å². The van der Waals surface area contributed by atoms with Gasteiger partial charge in [-0.2, -0.15) is 0 Å². The summed E-state index contributed by atoms with van der Waals surface area (Å²) in [5.41, 5.74) is 6.89. The summed E-state index contributed by atoms with van der Waals surface area (Å²) < 4.78 is 0. The highest BCUT2D eigenvalue weighted by atomic mass is 16.4. The number of rotatable bonds is 5. The van der Waals surface area contributed by atoms with Crippen LogP contribution in [-0.4, -0.2) is 57.9 Å².